The highest BCUT2D eigenvalue weighted by Gasteiger charge is 2.09. The van der Waals surface area contributed by atoms with Crippen LogP contribution in [-0.4, -0.2) is 12.5 Å². The average molecular weight is 270 g/mol. The molecule has 0 aliphatic heterocycles. The Kier molecular flexibility index (Phi) is 4.35. The van der Waals surface area contributed by atoms with Crippen molar-refractivity contribution in [2.45, 2.75) is 6.92 Å². The molecule has 19 heavy (non-hydrogen) atoms. The summed E-state index contributed by atoms with van der Waals surface area (Å²) < 4.78 is 0. The number of amides is 1. The summed E-state index contributed by atoms with van der Waals surface area (Å²) in [6.07, 6.45) is 0. The first-order chi connectivity index (χ1) is 9.20. The third-order valence-electron chi connectivity index (χ3n) is 2.56. The van der Waals surface area contributed by atoms with Gasteiger partial charge in [-0.05, 0) is 36.1 Å². The summed E-state index contributed by atoms with van der Waals surface area (Å²) in [5.41, 5.74) is 8.61. The number of hydrogen-bond donors (Lipinski definition) is 2. The van der Waals surface area contributed by atoms with Crippen LogP contribution in [-0.2, 0) is 0 Å². The van der Waals surface area contributed by atoms with E-state index in [1.165, 1.54) is 11.3 Å². The molecule has 0 unspecified atom stereocenters. The molecule has 0 atom stereocenters. The molecule has 1 aromatic carbocycles. The van der Waals surface area contributed by atoms with Gasteiger partial charge in [0.1, 0.15) is 0 Å². The van der Waals surface area contributed by atoms with Crippen molar-refractivity contribution in [2.24, 2.45) is 5.73 Å². The fourth-order valence-corrected chi connectivity index (χ4v) is 2.45. The molecule has 0 aliphatic rings. The van der Waals surface area contributed by atoms with Crippen LogP contribution in [0.25, 0.3) is 0 Å². The van der Waals surface area contributed by atoms with E-state index in [1.807, 2.05) is 41.9 Å². The Bertz CT molecular complexity index is 649. The van der Waals surface area contributed by atoms with Crippen molar-refractivity contribution in [2.75, 3.05) is 11.9 Å². The highest BCUT2D eigenvalue weighted by molar-refractivity contribution is 7.08. The van der Waals surface area contributed by atoms with Crippen LogP contribution >= 0.6 is 11.3 Å². The smallest absolute Gasteiger partial charge is 0.256 e. The Balaban J connectivity index is 2.15. The number of carbonyl (C=O) groups excluding carboxylic acids is 1. The second-order valence-corrected chi connectivity index (χ2v) is 4.75. The number of benzene rings is 1. The van der Waals surface area contributed by atoms with E-state index in [2.05, 4.69) is 17.2 Å². The molecule has 0 spiro atoms. The lowest BCUT2D eigenvalue weighted by Gasteiger charge is -2.05. The van der Waals surface area contributed by atoms with Crippen molar-refractivity contribution in [1.82, 2.24) is 0 Å². The summed E-state index contributed by atoms with van der Waals surface area (Å²) in [7, 11) is 0. The summed E-state index contributed by atoms with van der Waals surface area (Å²) >= 11 is 1.52. The predicted molar refractivity (Wildman–Crippen MR) is 79.4 cm³/mol. The Morgan fingerprint density at radius 2 is 2.26 bits per heavy atom. The number of nitrogens with two attached hydrogens (primary N) is 1. The Labute approximate surface area is 116 Å². The Hall–Kier alpha value is -2.09. The lowest BCUT2D eigenvalue weighted by atomic mass is 10.2. The zero-order valence-electron chi connectivity index (χ0n) is 10.6. The van der Waals surface area contributed by atoms with Crippen LogP contribution in [0.15, 0.2) is 35.0 Å². The molecule has 3 nitrogen and oxygen atoms in total. The molecule has 0 saturated carbocycles. The first kappa shape index (κ1) is 13.3. The molecule has 3 N–H and O–H groups in total. The van der Waals surface area contributed by atoms with Gasteiger partial charge in [0.25, 0.3) is 5.91 Å². The van der Waals surface area contributed by atoms with Gasteiger partial charge in [-0.3, -0.25) is 4.79 Å². The van der Waals surface area contributed by atoms with Crippen LogP contribution in [0.3, 0.4) is 0 Å². The average Bonchev–Trinajstić information content (AvgIpc) is 2.83. The molecular formula is C15H14N2OS. The first-order valence-electron chi connectivity index (χ1n) is 5.84. The SMILES string of the molecule is Cc1cscc1C(=O)Nc1cccc(C#CCN)c1. The third kappa shape index (κ3) is 3.44. The highest BCUT2D eigenvalue weighted by Crippen LogP contribution is 2.16. The van der Waals surface area contributed by atoms with Crippen LogP contribution in [0.2, 0.25) is 0 Å². The van der Waals surface area contributed by atoms with Crippen molar-refractivity contribution in [3.8, 4) is 11.8 Å². The minimum Gasteiger partial charge on any atom is -0.322 e. The second-order valence-electron chi connectivity index (χ2n) is 4.01. The normalized spacial score (nSPS) is 9.58. The van der Waals surface area contributed by atoms with Gasteiger partial charge in [-0.2, -0.15) is 11.3 Å². The topological polar surface area (TPSA) is 55.1 Å². The predicted octanol–water partition coefficient (Wildman–Crippen LogP) is 2.62. The van der Waals surface area contributed by atoms with Crippen LogP contribution in [0, 0.1) is 18.8 Å². The van der Waals surface area contributed by atoms with Gasteiger partial charge in [0.05, 0.1) is 12.1 Å². The molecule has 1 aromatic heterocycles. The van der Waals surface area contributed by atoms with Crippen LogP contribution in [0.5, 0.6) is 0 Å². The highest BCUT2D eigenvalue weighted by atomic mass is 32.1. The Morgan fingerprint density at radius 1 is 1.42 bits per heavy atom. The van der Waals surface area contributed by atoms with E-state index in [0.717, 1.165) is 16.8 Å². The number of nitrogens with one attached hydrogen (secondary N) is 1. The molecule has 2 rings (SSSR count). The van der Waals surface area contributed by atoms with Gasteiger partial charge in [0, 0.05) is 16.6 Å². The molecule has 0 saturated heterocycles. The van der Waals surface area contributed by atoms with E-state index in [9.17, 15) is 4.79 Å². The quantitative estimate of drug-likeness (QED) is 0.824. The second kappa shape index (κ2) is 6.19. The summed E-state index contributed by atoms with van der Waals surface area (Å²) in [5.74, 6) is 5.63. The molecular weight excluding hydrogens is 256 g/mol. The van der Waals surface area contributed by atoms with Crippen LogP contribution in [0.1, 0.15) is 21.5 Å². The van der Waals surface area contributed by atoms with Crippen molar-refractivity contribution in [3.05, 3.63) is 51.7 Å². The molecule has 1 amide bonds. The molecule has 0 aliphatic carbocycles. The maximum absolute atomic E-state index is 12.1. The van der Waals surface area contributed by atoms with Crippen molar-refractivity contribution < 1.29 is 4.79 Å². The van der Waals surface area contributed by atoms with Crippen LogP contribution in [0.4, 0.5) is 5.69 Å². The lowest BCUT2D eigenvalue weighted by Crippen LogP contribution is -2.12. The largest absolute Gasteiger partial charge is 0.322 e. The summed E-state index contributed by atoms with van der Waals surface area (Å²) in [6, 6.07) is 7.42. The van der Waals surface area contributed by atoms with Crippen molar-refractivity contribution in [1.29, 1.82) is 0 Å². The Morgan fingerprint density at radius 3 is 2.95 bits per heavy atom. The fourth-order valence-electron chi connectivity index (χ4n) is 1.62. The fraction of sp³-hybridized carbons (Fsp3) is 0.133. The van der Waals surface area contributed by atoms with Gasteiger partial charge in [0.15, 0.2) is 0 Å². The zero-order chi connectivity index (χ0) is 13.7. The van der Waals surface area contributed by atoms with Gasteiger partial charge in [-0.1, -0.05) is 17.9 Å². The number of aryl methyl sites for hydroxylation is 1. The van der Waals surface area contributed by atoms with E-state index < -0.39 is 0 Å². The molecule has 0 radical (unpaired) electrons. The standard InChI is InChI=1S/C15H14N2OS/c1-11-9-19-10-14(11)15(18)17-13-6-2-4-12(8-13)5-3-7-16/h2,4,6,8-10H,7,16H2,1H3,(H,17,18). The molecule has 0 bridgehead atoms. The number of carbonyl (C=O) groups is 1. The van der Waals surface area contributed by atoms with E-state index in [-0.39, 0.29) is 5.91 Å². The monoisotopic (exact) mass is 270 g/mol. The first-order valence-corrected chi connectivity index (χ1v) is 6.78. The van der Waals surface area contributed by atoms with E-state index >= 15 is 0 Å². The number of thiophene rings is 1. The number of anilines is 1. The van der Waals surface area contributed by atoms with Gasteiger partial charge >= 0.3 is 0 Å². The molecule has 96 valence electrons. The van der Waals surface area contributed by atoms with Gasteiger partial charge < -0.3 is 11.1 Å². The summed E-state index contributed by atoms with van der Waals surface area (Å²) in [4.78, 5) is 12.1. The van der Waals surface area contributed by atoms with E-state index in [0.29, 0.717) is 12.1 Å². The maximum Gasteiger partial charge on any atom is 0.256 e. The minimum absolute atomic E-state index is 0.0947. The van der Waals surface area contributed by atoms with E-state index in [1.54, 1.807) is 0 Å². The van der Waals surface area contributed by atoms with Crippen molar-refractivity contribution in [3.63, 3.8) is 0 Å². The minimum atomic E-state index is -0.0947. The van der Waals surface area contributed by atoms with Crippen molar-refractivity contribution >= 4 is 22.9 Å². The number of hydrogen-bond acceptors (Lipinski definition) is 3. The van der Waals surface area contributed by atoms with Gasteiger partial charge in [-0.15, -0.1) is 0 Å². The molecule has 1 heterocycles. The lowest BCUT2D eigenvalue weighted by molar-refractivity contribution is 0.102. The van der Waals surface area contributed by atoms with Crippen LogP contribution < -0.4 is 11.1 Å². The summed E-state index contributed by atoms with van der Waals surface area (Å²) in [6.45, 7) is 2.25. The number of rotatable bonds is 2. The third-order valence-corrected chi connectivity index (χ3v) is 3.42. The molecule has 0 fully saturated rings. The van der Waals surface area contributed by atoms with E-state index in [4.69, 9.17) is 5.73 Å². The maximum atomic E-state index is 12.1. The molecule has 2 aromatic rings. The summed E-state index contributed by atoms with van der Waals surface area (Å²) in [5, 5.41) is 6.68. The zero-order valence-corrected chi connectivity index (χ0v) is 11.4. The molecule has 4 heteroatoms. The van der Waals surface area contributed by atoms with Gasteiger partial charge in [-0.25, -0.2) is 0 Å². The van der Waals surface area contributed by atoms with Gasteiger partial charge in [0.2, 0.25) is 0 Å².